The van der Waals surface area contributed by atoms with E-state index in [2.05, 4.69) is 5.32 Å². The van der Waals surface area contributed by atoms with Crippen LogP contribution in [-0.2, 0) is 4.74 Å². The van der Waals surface area contributed by atoms with Crippen LogP contribution in [0, 0.1) is 5.92 Å². The molecule has 0 aliphatic heterocycles. The minimum atomic E-state index is -0.0164. The number of ketones is 1. The van der Waals surface area contributed by atoms with Gasteiger partial charge in [0, 0.05) is 26.2 Å². The number of nitrogen functional groups attached to an aromatic ring is 1. The van der Waals surface area contributed by atoms with E-state index in [0.29, 0.717) is 10.6 Å². The summed E-state index contributed by atoms with van der Waals surface area (Å²) >= 11 is 1.43. The Bertz CT molecular complexity index is 375. The first-order valence-electron chi connectivity index (χ1n) is 5.72. The van der Waals surface area contributed by atoms with Gasteiger partial charge in [-0.3, -0.25) is 4.79 Å². The lowest BCUT2D eigenvalue weighted by Crippen LogP contribution is -2.07. The fraction of sp³-hybridized carbons (Fsp3) is 0.583. The number of hydrogen-bond donors (Lipinski definition) is 2. The van der Waals surface area contributed by atoms with Gasteiger partial charge in [0.2, 0.25) is 0 Å². The maximum atomic E-state index is 11.8. The fourth-order valence-corrected chi connectivity index (χ4v) is 2.47. The molecule has 1 aromatic heterocycles. The van der Waals surface area contributed by atoms with Gasteiger partial charge in [-0.1, -0.05) is 13.8 Å². The number of methoxy groups -OCH3 is 1. The first-order valence-corrected chi connectivity index (χ1v) is 6.54. The molecule has 1 heterocycles. The van der Waals surface area contributed by atoms with Gasteiger partial charge in [-0.2, -0.15) is 0 Å². The summed E-state index contributed by atoms with van der Waals surface area (Å²) in [6.45, 7) is 5.31. The van der Waals surface area contributed by atoms with Crippen LogP contribution in [0.15, 0.2) is 6.07 Å². The molecule has 17 heavy (non-hydrogen) atoms. The van der Waals surface area contributed by atoms with Crippen LogP contribution in [0.4, 0.5) is 10.7 Å². The van der Waals surface area contributed by atoms with Gasteiger partial charge in [-0.05, 0) is 12.5 Å². The van der Waals surface area contributed by atoms with E-state index in [1.165, 1.54) is 11.3 Å². The highest BCUT2D eigenvalue weighted by Crippen LogP contribution is 2.31. The molecule has 0 aromatic carbocycles. The zero-order valence-electron chi connectivity index (χ0n) is 10.6. The molecule has 0 amide bonds. The van der Waals surface area contributed by atoms with Crippen LogP contribution < -0.4 is 11.1 Å². The SMILES string of the molecule is COCCCNc1cc(N)c(C(=O)C(C)C)s1. The van der Waals surface area contributed by atoms with E-state index in [4.69, 9.17) is 10.5 Å². The van der Waals surface area contributed by atoms with Crippen molar-refractivity contribution in [3.05, 3.63) is 10.9 Å². The number of Topliss-reactive ketones (excluding diaryl/α,β-unsaturated/α-hetero) is 1. The number of hydrogen-bond acceptors (Lipinski definition) is 5. The van der Waals surface area contributed by atoms with Gasteiger partial charge in [0.15, 0.2) is 5.78 Å². The van der Waals surface area contributed by atoms with E-state index in [1.807, 2.05) is 19.9 Å². The first-order chi connectivity index (χ1) is 8.06. The summed E-state index contributed by atoms with van der Waals surface area (Å²) in [6.07, 6.45) is 0.932. The van der Waals surface area contributed by atoms with Crippen molar-refractivity contribution in [1.29, 1.82) is 0 Å². The molecule has 4 nitrogen and oxygen atoms in total. The monoisotopic (exact) mass is 256 g/mol. The summed E-state index contributed by atoms with van der Waals surface area (Å²) in [7, 11) is 1.68. The van der Waals surface area contributed by atoms with Crippen molar-refractivity contribution in [3.63, 3.8) is 0 Å². The zero-order valence-corrected chi connectivity index (χ0v) is 11.4. The standard InChI is InChI=1S/C12H20N2O2S/c1-8(2)11(15)12-9(13)7-10(17-12)14-5-4-6-16-3/h7-8,14H,4-6,13H2,1-3H3. The van der Waals surface area contributed by atoms with Crippen LogP contribution in [0.1, 0.15) is 29.9 Å². The molecular weight excluding hydrogens is 236 g/mol. The van der Waals surface area contributed by atoms with E-state index in [0.717, 1.165) is 24.6 Å². The highest BCUT2D eigenvalue weighted by Gasteiger charge is 2.17. The summed E-state index contributed by atoms with van der Waals surface area (Å²) in [5.41, 5.74) is 6.41. The molecule has 1 aromatic rings. The summed E-state index contributed by atoms with van der Waals surface area (Å²) in [6, 6.07) is 1.83. The Labute approximate surface area is 106 Å². The van der Waals surface area contributed by atoms with Crippen LogP contribution in [0.25, 0.3) is 0 Å². The Balaban J connectivity index is 2.59. The molecule has 0 aliphatic carbocycles. The molecule has 0 fully saturated rings. The molecule has 0 radical (unpaired) electrons. The zero-order chi connectivity index (χ0) is 12.8. The van der Waals surface area contributed by atoms with Gasteiger partial charge < -0.3 is 15.8 Å². The molecule has 1 rings (SSSR count). The number of thiophene rings is 1. The number of carbonyl (C=O) groups excluding carboxylic acids is 1. The van der Waals surface area contributed by atoms with Gasteiger partial charge >= 0.3 is 0 Å². The van der Waals surface area contributed by atoms with E-state index in [1.54, 1.807) is 7.11 Å². The second-order valence-electron chi connectivity index (χ2n) is 4.19. The average molecular weight is 256 g/mol. The minimum absolute atomic E-state index is 0.0164. The third-order valence-electron chi connectivity index (χ3n) is 2.33. The van der Waals surface area contributed by atoms with E-state index in [9.17, 15) is 4.79 Å². The Morgan fingerprint density at radius 3 is 2.88 bits per heavy atom. The summed E-state index contributed by atoms with van der Waals surface area (Å²) in [5.74, 6) is 0.0923. The third-order valence-corrected chi connectivity index (χ3v) is 3.46. The first kappa shape index (κ1) is 14.0. The molecule has 5 heteroatoms. The van der Waals surface area contributed by atoms with E-state index in [-0.39, 0.29) is 11.7 Å². The molecule has 0 aliphatic rings. The Kier molecular flexibility index (Phi) is 5.44. The molecule has 0 bridgehead atoms. The van der Waals surface area contributed by atoms with Gasteiger partial charge in [0.1, 0.15) is 0 Å². The predicted octanol–water partition coefficient (Wildman–Crippen LogP) is 2.62. The molecule has 0 unspecified atom stereocenters. The highest BCUT2D eigenvalue weighted by molar-refractivity contribution is 7.18. The molecule has 96 valence electrons. The van der Waals surface area contributed by atoms with E-state index < -0.39 is 0 Å². The number of nitrogens with two attached hydrogens (primary N) is 1. The van der Waals surface area contributed by atoms with Crippen LogP contribution in [0.2, 0.25) is 0 Å². The number of carbonyl (C=O) groups is 1. The quantitative estimate of drug-likeness (QED) is 0.581. The Hall–Kier alpha value is -1.07. The maximum absolute atomic E-state index is 11.8. The van der Waals surface area contributed by atoms with Crippen molar-refractivity contribution in [2.75, 3.05) is 31.3 Å². The summed E-state index contributed by atoms with van der Waals surface area (Å²) in [4.78, 5) is 12.5. The van der Waals surface area contributed by atoms with Crippen molar-refractivity contribution in [2.45, 2.75) is 20.3 Å². The highest BCUT2D eigenvalue weighted by atomic mass is 32.1. The largest absolute Gasteiger partial charge is 0.397 e. The van der Waals surface area contributed by atoms with Crippen LogP contribution in [0.3, 0.4) is 0 Å². The number of rotatable bonds is 7. The van der Waals surface area contributed by atoms with Crippen LogP contribution in [-0.4, -0.2) is 26.0 Å². The fourth-order valence-electron chi connectivity index (χ4n) is 1.38. The minimum Gasteiger partial charge on any atom is -0.397 e. The van der Waals surface area contributed by atoms with Gasteiger partial charge in [-0.25, -0.2) is 0 Å². The van der Waals surface area contributed by atoms with Gasteiger partial charge in [-0.15, -0.1) is 11.3 Å². The normalized spacial score (nSPS) is 10.8. The Morgan fingerprint density at radius 1 is 1.59 bits per heavy atom. The van der Waals surface area contributed by atoms with Crippen molar-refractivity contribution < 1.29 is 9.53 Å². The summed E-state index contributed by atoms with van der Waals surface area (Å²) in [5, 5.41) is 4.19. The lowest BCUT2D eigenvalue weighted by Gasteiger charge is -2.02. The smallest absolute Gasteiger partial charge is 0.177 e. The molecule has 3 N–H and O–H groups in total. The van der Waals surface area contributed by atoms with Crippen LogP contribution >= 0.6 is 11.3 Å². The predicted molar refractivity (Wildman–Crippen MR) is 72.9 cm³/mol. The lowest BCUT2D eigenvalue weighted by molar-refractivity contribution is 0.0944. The number of anilines is 2. The Morgan fingerprint density at radius 2 is 2.29 bits per heavy atom. The molecule has 0 spiro atoms. The second kappa shape index (κ2) is 6.61. The lowest BCUT2D eigenvalue weighted by atomic mass is 10.1. The van der Waals surface area contributed by atoms with Crippen molar-refractivity contribution in [3.8, 4) is 0 Å². The molecular formula is C12H20N2O2S. The molecule has 0 saturated heterocycles. The van der Waals surface area contributed by atoms with Crippen molar-refractivity contribution in [1.82, 2.24) is 0 Å². The second-order valence-corrected chi connectivity index (χ2v) is 5.24. The van der Waals surface area contributed by atoms with Crippen molar-refractivity contribution in [2.24, 2.45) is 5.92 Å². The molecule has 0 saturated carbocycles. The van der Waals surface area contributed by atoms with Crippen LogP contribution in [0.5, 0.6) is 0 Å². The number of ether oxygens (including phenoxy) is 1. The average Bonchev–Trinajstić information content (AvgIpc) is 2.65. The van der Waals surface area contributed by atoms with Gasteiger partial charge in [0.25, 0.3) is 0 Å². The van der Waals surface area contributed by atoms with Gasteiger partial charge in [0.05, 0.1) is 15.6 Å². The van der Waals surface area contributed by atoms with E-state index >= 15 is 0 Å². The number of nitrogens with one attached hydrogen (secondary N) is 1. The topological polar surface area (TPSA) is 64.3 Å². The maximum Gasteiger partial charge on any atom is 0.177 e. The summed E-state index contributed by atoms with van der Waals surface area (Å²) < 4.78 is 4.96. The third kappa shape index (κ3) is 4.02. The van der Waals surface area contributed by atoms with Crippen molar-refractivity contribution >= 4 is 27.8 Å². The molecule has 0 atom stereocenters.